The van der Waals surface area contributed by atoms with Crippen molar-refractivity contribution in [2.24, 2.45) is 0 Å². The van der Waals surface area contributed by atoms with Crippen LogP contribution in [0.15, 0.2) is 386 Å². The van der Waals surface area contributed by atoms with Crippen molar-refractivity contribution in [1.82, 2.24) is 59.8 Å². The molecule has 107 heavy (non-hydrogen) atoms. The molecule has 0 amide bonds. The molecule has 19 nitrogen and oxygen atoms in total. The Morgan fingerprint density at radius 3 is 1.33 bits per heavy atom. The van der Waals surface area contributed by atoms with Gasteiger partial charge in [-0.2, -0.15) is 0 Å². The zero-order valence-electron chi connectivity index (χ0n) is 57.7. The Labute approximate surface area is 616 Å². The first-order chi connectivity index (χ1) is 52.1. The molecule has 9 aromatic heterocycles. The van der Waals surface area contributed by atoms with E-state index in [1.807, 2.05) is 219 Å². The van der Waals surface area contributed by atoms with Crippen LogP contribution in [-0.4, -0.2) is 59.8 Å². The molecule has 0 radical (unpaired) electrons. The third-order valence-electron chi connectivity index (χ3n) is 16.2. The van der Waals surface area contributed by atoms with Crippen LogP contribution in [-0.2, 0) is 12.8 Å². The molecule has 19 heteroatoms. The molecule has 10 N–H and O–H groups in total. The van der Waals surface area contributed by atoms with E-state index in [0.29, 0.717) is 11.3 Å². The molecule has 0 saturated heterocycles. The van der Waals surface area contributed by atoms with E-state index in [1.54, 1.807) is 31.1 Å². The molecule has 0 saturated carbocycles. The number of hydrogen-bond acceptors (Lipinski definition) is 12. The topological polar surface area (TPSA) is 268 Å². The summed E-state index contributed by atoms with van der Waals surface area (Å²) in [7, 11) is 0. The van der Waals surface area contributed by atoms with Crippen LogP contribution >= 0.6 is 0 Å². The number of nitrogens with one attached hydrogen (secondary N) is 10. The Morgan fingerprint density at radius 2 is 0.766 bits per heavy atom. The second-order valence-corrected chi connectivity index (χ2v) is 23.6. The van der Waals surface area contributed by atoms with Crippen molar-refractivity contribution in [3.05, 3.63) is 404 Å². The molecular weight excluding hydrogens is 1330 g/mol. The van der Waals surface area contributed by atoms with Gasteiger partial charge in [0.2, 0.25) is 0 Å². The third-order valence-corrected chi connectivity index (χ3v) is 16.2. The van der Waals surface area contributed by atoms with Gasteiger partial charge >= 0.3 is 0 Å². The fourth-order valence-corrected chi connectivity index (χ4v) is 11.1. The largest absolute Gasteiger partial charge is 0.443 e. The molecule has 22 rings (SSSR count). The Kier molecular flexibility index (Phi) is 25.9. The van der Waals surface area contributed by atoms with Crippen molar-refractivity contribution in [3.63, 3.8) is 0 Å². The van der Waals surface area contributed by atoms with Gasteiger partial charge in [0.15, 0.2) is 23.6 Å². The van der Waals surface area contributed by atoms with Crippen molar-refractivity contribution < 1.29 is 9.15 Å². The van der Waals surface area contributed by atoms with Gasteiger partial charge in [0.25, 0.3) is 11.1 Å². The summed E-state index contributed by atoms with van der Waals surface area (Å²) in [4.78, 5) is 62.7. The van der Waals surface area contributed by atoms with Crippen LogP contribution in [0.1, 0.15) is 18.6 Å². The van der Waals surface area contributed by atoms with Crippen molar-refractivity contribution in [2.45, 2.75) is 20.3 Å². The predicted octanol–water partition coefficient (Wildman–Crippen LogP) is 20.2. The molecule has 0 spiro atoms. The highest BCUT2D eigenvalue weighted by Crippen LogP contribution is 2.32. The lowest BCUT2D eigenvalue weighted by Gasteiger charge is -1.95. The lowest BCUT2D eigenvalue weighted by molar-refractivity contribution is 0.460. The van der Waals surface area contributed by atoms with Crippen molar-refractivity contribution in [3.8, 4) is 5.75 Å². The summed E-state index contributed by atoms with van der Waals surface area (Å²) in [5, 5.41) is 15.5. The lowest BCUT2D eigenvalue weighted by atomic mass is 10.2. The van der Waals surface area contributed by atoms with E-state index in [-0.39, 0.29) is 18.5 Å². The zero-order chi connectivity index (χ0) is 72.9. The van der Waals surface area contributed by atoms with E-state index in [9.17, 15) is 9.59 Å². The molecule has 19 aromatic rings. The van der Waals surface area contributed by atoms with Gasteiger partial charge in [-0.15, -0.1) is 0 Å². The third kappa shape index (κ3) is 20.9. The van der Waals surface area contributed by atoms with Gasteiger partial charge in [-0.05, 0) is 161 Å². The maximum absolute atomic E-state index is 11.1. The first-order valence-electron chi connectivity index (χ1n) is 33.9. The van der Waals surface area contributed by atoms with E-state index in [0.717, 1.165) is 96.2 Å². The number of para-hydroxylation sites is 13. The minimum Gasteiger partial charge on any atom is -0.443 e. The molecule has 0 bridgehead atoms. The maximum Gasteiger partial charge on any atom is 0.258 e. The van der Waals surface area contributed by atoms with Crippen molar-refractivity contribution >= 4 is 105 Å². The molecule has 3 aliphatic rings. The Morgan fingerprint density at radius 1 is 0.327 bits per heavy atom. The number of pyridine rings is 2. The highest BCUT2D eigenvalue weighted by molar-refractivity contribution is 5.82. The summed E-state index contributed by atoms with van der Waals surface area (Å²) in [6, 6.07) is 91.0. The van der Waals surface area contributed by atoms with Gasteiger partial charge in [0.1, 0.15) is 11.2 Å². The molecule has 3 aliphatic heterocycles. The number of H-pyrrole nitrogens is 7. The fraction of sp³-hybridized carbons (Fsp3) is 0.0341. The number of hydrogen-bond donors (Lipinski definition) is 10. The molecule has 10 aromatic carbocycles. The maximum atomic E-state index is 11.1. The minimum absolute atomic E-state index is 0. The summed E-state index contributed by atoms with van der Waals surface area (Å²) < 4.78 is 10.2. The van der Waals surface area contributed by atoms with Crippen LogP contribution in [0.25, 0.3) is 87.7 Å². The average Bonchev–Trinajstić information content (AvgIpc) is 1.01. The van der Waals surface area contributed by atoms with Crippen LogP contribution < -0.4 is 31.8 Å². The summed E-state index contributed by atoms with van der Waals surface area (Å²) in [6.07, 6.45) is 17.4. The minimum atomic E-state index is -0.0874. The number of anilines is 3. The number of nitrogens with zero attached hydrogens (tertiary/aromatic N) is 5. The molecular formula is C88H79N15O4. The second-order valence-electron chi connectivity index (χ2n) is 23.6. The quantitative estimate of drug-likeness (QED) is 0.0679. The lowest BCUT2D eigenvalue weighted by Crippen LogP contribution is -2.05. The van der Waals surface area contributed by atoms with Crippen LogP contribution in [0.3, 0.4) is 0 Å². The van der Waals surface area contributed by atoms with E-state index in [4.69, 9.17) is 9.15 Å². The molecule has 0 atom stereocenters. The SMILES string of the molecule is C.C=C1Cc2ccccc2N1.C=C1Cc2ccccc2N1.C=C1Nc2ccccc2O1.O=c1[nH]ccc2ccccc12.O=c1[nH]cnc2ccccc12.c1ccc2[nH]ccc2c1.c1ccc2[nH]ccc2c1.c1ccc2[nH]cnc2c1.c1ccc2[nH]cnc2c1.c1ccc2ocnc2c1.c1cnc2[nH]ccc2c1. The number of aromatic nitrogens is 12. The normalized spacial score (nSPS) is 11.3. The number of benzene rings is 10. The zero-order valence-corrected chi connectivity index (χ0v) is 57.7. The smallest absolute Gasteiger partial charge is 0.258 e. The van der Waals surface area contributed by atoms with Gasteiger partial charge in [-0.1, -0.05) is 172 Å². The number of oxazole rings is 1. The molecule has 12 heterocycles. The Hall–Kier alpha value is -14.9. The van der Waals surface area contributed by atoms with Gasteiger partial charge in [-0.25, -0.2) is 24.9 Å². The van der Waals surface area contributed by atoms with Gasteiger partial charge in [0.05, 0.1) is 57.6 Å². The highest BCUT2D eigenvalue weighted by atomic mass is 16.5. The highest BCUT2D eigenvalue weighted by Gasteiger charge is 2.13. The van der Waals surface area contributed by atoms with E-state index < -0.39 is 0 Å². The van der Waals surface area contributed by atoms with Gasteiger partial charge in [0, 0.05) is 88.4 Å². The van der Waals surface area contributed by atoms with E-state index >= 15 is 0 Å². The first-order valence-corrected chi connectivity index (χ1v) is 33.9. The number of allylic oxidation sites excluding steroid dienone is 2. The van der Waals surface area contributed by atoms with Crippen molar-refractivity contribution in [2.75, 3.05) is 16.0 Å². The van der Waals surface area contributed by atoms with E-state index in [1.165, 1.54) is 57.0 Å². The Bertz CT molecular complexity index is 5120. The van der Waals surface area contributed by atoms with Crippen LogP contribution in [0, 0.1) is 0 Å². The predicted molar refractivity (Wildman–Crippen MR) is 438 cm³/mol. The molecule has 530 valence electrons. The number of ether oxygens (including phenoxy) is 1. The van der Waals surface area contributed by atoms with Crippen molar-refractivity contribution in [1.29, 1.82) is 0 Å². The van der Waals surface area contributed by atoms with Gasteiger partial charge < -0.3 is 60.0 Å². The summed E-state index contributed by atoms with van der Waals surface area (Å²) >= 11 is 0. The second kappa shape index (κ2) is 37.7. The standard InChI is InChI=1S/C9H7NO.2C9H9N.C8H6N2O.C8H7NO.2C8H7N.3C7H6N2.C7H5NO.CH4/c11-9-8-4-2-1-3-7(8)5-6-10-9;2*1-7-6-8-4-2-3-5-9(8)10-7;11-8-6-3-1-2-4-7(6)9-5-10-8;1-6-9-7-4-2-3-5-8(7)10-6;2*1-2-4-8-7(3-1)5-6-9-8;1-2-6-3-5-9-7(6)8-4-1;3*1-2-4-7-6(3-1)8-5-9-7;/h1-6H,(H,10,11);2*2-5,10H,1,6H2;1-5H,(H,9,10,11);2-5,9H,1H2;2*1-6,9H;3*1-5H,(H,8,9);1-5H;1H4. The molecule has 0 unspecified atom stereocenters. The monoisotopic (exact) mass is 1410 g/mol. The number of imidazole rings is 2. The Balaban J connectivity index is 0.000000117. The van der Waals surface area contributed by atoms with Crippen LogP contribution in [0.2, 0.25) is 0 Å². The molecule has 0 aliphatic carbocycles. The first kappa shape index (κ1) is 73.4. The van der Waals surface area contributed by atoms with E-state index in [2.05, 4.69) is 168 Å². The number of fused-ring (bicyclic) bond motifs is 11. The fourth-order valence-electron chi connectivity index (χ4n) is 11.1. The molecule has 0 fully saturated rings. The van der Waals surface area contributed by atoms with Crippen LogP contribution in [0.4, 0.5) is 17.1 Å². The van der Waals surface area contributed by atoms with Crippen LogP contribution in [0.5, 0.6) is 5.75 Å². The van der Waals surface area contributed by atoms with Gasteiger partial charge in [-0.3, -0.25) is 9.59 Å². The summed E-state index contributed by atoms with van der Waals surface area (Å²) in [6.45, 7) is 11.4. The number of aromatic amines is 7. The summed E-state index contributed by atoms with van der Waals surface area (Å²) in [5.74, 6) is 1.45. The number of rotatable bonds is 0. The average molecular weight is 1410 g/mol. The summed E-state index contributed by atoms with van der Waals surface area (Å²) in [5.41, 5.74) is 18.3.